The predicted octanol–water partition coefficient (Wildman–Crippen LogP) is 5.37. The summed E-state index contributed by atoms with van der Waals surface area (Å²) in [5.41, 5.74) is 3.68. The SMILES string of the molecule is CCn1ncc(-c2csc(NC(=O)c3cc(COc4ccc(F)cc4)cs3)n2)c1C. The summed E-state index contributed by atoms with van der Waals surface area (Å²) in [4.78, 5) is 17.7. The molecule has 0 unspecified atom stereocenters. The van der Waals surface area contributed by atoms with Crippen LogP contribution < -0.4 is 10.1 Å². The summed E-state index contributed by atoms with van der Waals surface area (Å²) >= 11 is 2.72. The third kappa shape index (κ3) is 4.42. The number of hydrogen-bond donors (Lipinski definition) is 1. The molecule has 3 aromatic heterocycles. The number of nitrogens with zero attached hydrogens (tertiary/aromatic N) is 3. The van der Waals surface area contributed by atoms with Gasteiger partial charge in [-0.05, 0) is 49.6 Å². The van der Waals surface area contributed by atoms with Crippen molar-refractivity contribution in [3.63, 3.8) is 0 Å². The standard InChI is InChI=1S/C21H19FN4O2S2/c1-3-26-13(2)17(9-23-26)18-12-30-21(24-18)25-20(27)19-8-14(11-29-19)10-28-16-6-4-15(22)5-7-16/h4-9,11-12H,3,10H2,1-2H3,(H,24,25,27). The van der Waals surface area contributed by atoms with E-state index in [1.807, 2.05) is 29.3 Å². The summed E-state index contributed by atoms with van der Waals surface area (Å²) < 4.78 is 20.5. The van der Waals surface area contributed by atoms with Crippen LogP contribution in [0.2, 0.25) is 0 Å². The molecule has 0 fully saturated rings. The highest BCUT2D eigenvalue weighted by atomic mass is 32.1. The van der Waals surface area contributed by atoms with Gasteiger partial charge in [0.1, 0.15) is 18.2 Å². The largest absolute Gasteiger partial charge is 0.489 e. The maximum Gasteiger partial charge on any atom is 0.267 e. The van der Waals surface area contributed by atoms with E-state index in [1.165, 1.54) is 34.8 Å². The minimum atomic E-state index is -0.309. The highest BCUT2D eigenvalue weighted by molar-refractivity contribution is 7.14. The first kappa shape index (κ1) is 20.2. The Hall–Kier alpha value is -3.04. The molecule has 154 valence electrons. The maximum atomic E-state index is 12.9. The molecule has 0 saturated carbocycles. The van der Waals surface area contributed by atoms with E-state index in [0.717, 1.165) is 29.1 Å². The van der Waals surface area contributed by atoms with Crippen molar-refractivity contribution in [3.8, 4) is 17.0 Å². The van der Waals surface area contributed by atoms with Crippen LogP contribution in [-0.2, 0) is 13.2 Å². The van der Waals surface area contributed by atoms with Crippen LogP contribution in [0, 0.1) is 12.7 Å². The minimum Gasteiger partial charge on any atom is -0.489 e. The Morgan fingerprint density at radius 3 is 2.77 bits per heavy atom. The number of carbonyl (C=O) groups is 1. The van der Waals surface area contributed by atoms with Crippen molar-refractivity contribution in [3.05, 3.63) is 69.2 Å². The number of aromatic nitrogens is 3. The zero-order valence-electron chi connectivity index (χ0n) is 16.4. The molecule has 4 rings (SSSR count). The molecule has 0 atom stereocenters. The lowest BCUT2D eigenvalue weighted by Crippen LogP contribution is -2.09. The lowest BCUT2D eigenvalue weighted by molar-refractivity contribution is 0.103. The number of hydrogen-bond acceptors (Lipinski definition) is 6. The summed E-state index contributed by atoms with van der Waals surface area (Å²) in [5.74, 6) is 0.0528. The average molecular weight is 443 g/mol. The Bertz CT molecular complexity index is 1160. The van der Waals surface area contributed by atoms with E-state index in [4.69, 9.17) is 4.74 Å². The van der Waals surface area contributed by atoms with E-state index in [-0.39, 0.29) is 11.7 Å². The van der Waals surface area contributed by atoms with Gasteiger partial charge in [-0.2, -0.15) is 5.10 Å². The van der Waals surface area contributed by atoms with Crippen molar-refractivity contribution in [2.75, 3.05) is 5.32 Å². The third-order valence-corrected chi connectivity index (χ3v) is 6.24. The van der Waals surface area contributed by atoms with Gasteiger partial charge in [-0.15, -0.1) is 22.7 Å². The number of thiazole rings is 1. The van der Waals surface area contributed by atoms with Crippen LogP contribution in [0.4, 0.5) is 9.52 Å². The number of carbonyl (C=O) groups excluding carboxylic acids is 1. The van der Waals surface area contributed by atoms with E-state index in [1.54, 1.807) is 24.4 Å². The Kier molecular flexibility index (Phi) is 5.91. The van der Waals surface area contributed by atoms with E-state index in [0.29, 0.717) is 22.4 Å². The number of halogens is 1. The summed E-state index contributed by atoms with van der Waals surface area (Å²) in [6, 6.07) is 7.62. The number of thiophene rings is 1. The Morgan fingerprint density at radius 1 is 1.23 bits per heavy atom. The second-order valence-electron chi connectivity index (χ2n) is 6.51. The minimum absolute atomic E-state index is 0.213. The topological polar surface area (TPSA) is 69.0 Å². The van der Waals surface area contributed by atoms with Gasteiger partial charge >= 0.3 is 0 Å². The van der Waals surface area contributed by atoms with Crippen LogP contribution in [0.5, 0.6) is 5.75 Å². The molecule has 30 heavy (non-hydrogen) atoms. The van der Waals surface area contributed by atoms with Crippen molar-refractivity contribution in [2.45, 2.75) is 27.0 Å². The van der Waals surface area contributed by atoms with E-state index in [2.05, 4.69) is 15.4 Å². The fourth-order valence-corrected chi connectivity index (χ4v) is 4.40. The molecule has 4 aromatic rings. The summed E-state index contributed by atoms with van der Waals surface area (Å²) in [5, 5.41) is 11.5. The number of aryl methyl sites for hydroxylation is 1. The average Bonchev–Trinajstić information content (AvgIpc) is 3.47. The highest BCUT2D eigenvalue weighted by Gasteiger charge is 2.15. The fraction of sp³-hybridized carbons (Fsp3) is 0.190. The van der Waals surface area contributed by atoms with Gasteiger partial charge < -0.3 is 4.74 Å². The predicted molar refractivity (Wildman–Crippen MR) is 117 cm³/mol. The first-order chi connectivity index (χ1) is 14.5. The molecule has 1 amide bonds. The molecular weight excluding hydrogens is 423 g/mol. The van der Waals surface area contributed by atoms with Gasteiger partial charge in [0.2, 0.25) is 0 Å². The molecule has 9 heteroatoms. The van der Waals surface area contributed by atoms with Crippen molar-refractivity contribution in [2.24, 2.45) is 0 Å². The zero-order valence-corrected chi connectivity index (χ0v) is 18.0. The Labute approximate surface area is 181 Å². The lowest BCUT2D eigenvalue weighted by Gasteiger charge is -2.04. The second kappa shape index (κ2) is 8.76. The van der Waals surface area contributed by atoms with Gasteiger partial charge in [-0.25, -0.2) is 9.37 Å². The maximum absolute atomic E-state index is 12.9. The lowest BCUT2D eigenvalue weighted by atomic mass is 10.2. The molecule has 1 aromatic carbocycles. The first-order valence-corrected chi connectivity index (χ1v) is 11.0. The van der Waals surface area contributed by atoms with Crippen molar-refractivity contribution in [1.82, 2.24) is 14.8 Å². The molecule has 0 radical (unpaired) electrons. The fourth-order valence-electron chi connectivity index (χ4n) is 2.90. The Morgan fingerprint density at radius 2 is 2.03 bits per heavy atom. The second-order valence-corrected chi connectivity index (χ2v) is 8.28. The van der Waals surface area contributed by atoms with E-state index in [9.17, 15) is 9.18 Å². The molecule has 0 saturated heterocycles. The molecule has 0 spiro atoms. The van der Waals surface area contributed by atoms with E-state index >= 15 is 0 Å². The number of nitrogens with one attached hydrogen (secondary N) is 1. The van der Waals surface area contributed by atoms with Gasteiger partial charge in [0.15, 0.2) is 5.13 Å². The molecular formula is C21H19FN4O2S2. The molecule has 6 nitrogen and oxygen atoms in total. The zero-order chi connectivity index (χ0) is 21.1. The molecule has 0 aliphatic rings. The number of benzene rings is 1. The summed E-state index contributed by atoms with van der Waals surface area (Å²) in [6.07, 6.45) is 1.80. The number of amides is 1. The van der Waals surface area contributed by atoms with Gasteiger partial charge in [-0.3, -0.25) is 14.8 Å². The van der Waals surface area contributed by atoms with Crippen LogP contribution in [0.3, 0.4) is 0 Å². The third-order valence-electron chi connectivity index (χ3n) is 4.50. The first-order valence-electron chi connectivity index (χ1n) is 9.29. The van der Waals surface area contributed by atoms with Crippen LogP contribution in [0.1, 0.15) is 27.9 Å². The number of anilines is 1. The number of ether oxygens (including phenoxy) is 1. The van der Waals surface area contributed by atoms with Crippen molar-refractivity contribution >= 4 is 33.7 Å². The summed E-state index contributed by atoms with van der Waals surface area (Å²) in [6.45, 7) is 5.14. The van der Waals surface area contributed by atoms with Crippen molar-refractivity contribution in [1.29, 1.82) is 0 Å². The van der Waals surface area contributed by atoms with Crippen molar-refractivity contribution < 1.29 is 13.9 Å². The highest BCUT2D eigenvalue weighted by Crippen LogP contribution is 2.28. The molecule has 1 N–H and O–H groups in total. The van der Waals surface area contributed by atoms with Gasteiger partial charge in [0.25, 0.3) is 5.91 Å². The van der Waals surface area contributed by atoms with Gasteiger partial charge in [-0.1, -0.05) is 0 Å². The number of rotatable bonds is 7. The normalized spacial score (nSPS) is 10.9. The van der Waals surface area contributed by atoms with Crippen LogP contribution in [0.15, 0.2) is 47.3 Å². The monoisotopic (exact) mass is 442 g/mol. The van der Waals surface area contributed by atoms with Crippen LogP contribution in [0.25, 0.3) is 11.3 Å². The van der Waals surface area contributed by atoms with Crippen LogP contribution in [-0.4, -0.2) is 20.7 Å². The molecule has 0 aliphatic heterocycles. The summed E-state index contributed by atoms with van der Waals surface area (Å²) in [7, 11) is 0. The molecule has 3 heterocycles. The van der Waals surface area contributed by atoms with Crippen LogP contribution >= 0.6 is 22.7 Å². The molecule has 0 bridgehead atoms. The Balaban J connectivity index is 1.38. The molecule has 0 aliphatic carbocycles. The smallest absolute Gasteiger partial charge is 0.267 e. The quantitative estimate of drug-likeness (QED) is 0.418. The van der Waals surface area contributed by atoms with Gasteiger partial charge in [0.05, 0.1) is 16.8 Å². The van der Waals surface area contributed by atoms with E-state index < -0.39 is 0 Å². The van der Waals surface area contributed by atoms with Gasteiger partial charge in [0, 0.05) is 28.7 Å².